The molecule has 186 valence electrons. The number of nitrogens with one attached hydrogen (secondary N) is 2. The van der Waals surface area contributed by atoms with Gasteiger partial charge in [-0.25, -0.2) is 8.42 Å². The minimum atomic E-state index is -3.69. The van der Waals surface area contributed by atoms with Crippen LogP contribution in [0.3, 0.4) is 0 Å². The van der Waals surface area contributed by atoms with Gasteiger partial charge in [0.05, 0.1) is 29.3 Å². The minimum Gasteiger partial charge on any atom is -0.395 e. The van der Waals surface area contributed by atoms with Crippen molar-refractivity contribution < 1.29 is 23.1 Å². The van der Waals surface area contributed by atoms with Crippen molar-refractivity contribution in [2.75, 3.05) is 47.4 Å². The van der Waals surface area contributed by atoms with Crippen LogP contribution in [0.2, 0.25) is 0 Å². The molecule has 3 N–H and O–H groups in total. The van der Waals surface area contributed by atoms with Crippen molar-refractivity contribution in [2.45, 2.75) is 32.2 Å². The summed E-state index contributed by atoms with van der Waals surface area (Å²) < 4.78 is 26.9. The summed E-state index contributed by atoms with van der Waals surface area (Å²) in [6.45, 7) is 1.67. The van der Waals surface area contributed by atoms with E-state index in [1.165, 1.54) is 12.8 Å². The average molecular weight is 499 g/mol. The van der Waals surface area contributed by atoms with E-state index in [0.29, 0.717) is 40.1 Å². The van der Waals surface area contributed by atoms with Gasteiger partial charge in [0, 0.05) is 37.9 Å². The number of aliphatic hydroxyl groups is 1. The van der Waals surface area contributed by atoms with Gasteiger partial charge in [-0.2, -0.15) is 0 Å². The highest BCUT2D eigenvalue weighted by Crippen LogP contribution is 2.54. The molecule has 2 amide bonds. The van der Waals surface area contributed by atoms with Crippen LogP contribution >= 0.6 is 0 Å². The number of fused-ring (bicyclic) bond motifs is 1. The van der Waals surface area contributed by atoms with Gasteiger partial charge in [0.1, 0.15) is 0 Å². The zero-order valence-corrected chi connectivity index (χ0v) is 20.5. The van der Waals surface area contributed by atoms with Crippen molar-refractivity contribution in [1.82, 2.24) is 4.90 Å². The molecule has 0 radical (unpaired) electrons. The van der Waals surface area contributed by atoms with E-state index >= 15 is 0 Å². The molecule has 9 nitrogen and oxygen atoms in total. The highest BCUT2D eigenvalue weighted by molar-refractivity contribution is 7.92. The molecule has 10 heteroatoms. The zero-order chi connectivity index (χ0) is 24.8. The molecule has 2 aromatic rings. The van der Waals surface area contributed by atoms with Gasteiger partial charge in [-0.3, -0.25) is 14.3 Å². The number of sulfonamides is 1. The third kappa shape index (κ3) is 4.85. The molecule has 2 aliphatic heterocycles. The molecule has 5 rings (SSSR count). The summed E-state index contributed by atoms with van der Waals surface area (Å²) in [5.41, 5.74) is 3.95. The molecule has 35 heavy (non-hydrogen) atoms. The lowest BCUT2D eigenvalue weighted by Crippen LogP contribution is -2.35. The quantitative estimate of drug-likeness (QED) is 0.540. The normalized spacial score (nSPS) is 18.5. The summed E-state index contributed by atoms with van der Waals surface area (Å²) in [7, 11) is -1.95. The van der Waals surface area contributed by atoms with Crippen molar-refractivity contribution in [3.05, 3.63) is 53.1 Å². The van der Waals surface area contributed by atoms with E-state index in [1.54, 1.807) is 42.3 Å². The fourth-order valence-corrected chi connectivity index (χ4v) is 5.85. The largest absolute Gasteiger partial charge is 0.395 e. The lowest BCUT2D eigenvalue weighted by Gasteiger charge is -2.35. The Morgan fingerprint density at radius 2 is 1.77 bits per heavy atom. The van der Waals surface area contributed by atoms with Crippen molar-refractivity contribution in [1.29, 1.82) is 0 Å². The standard InChI is InChI=1S/C25H30N4O5S/c1-28-16-17-2-3-18(14-21(17)24(28)32)26-23(31)20-5-4-19(27-35(33,34)13-12-30)15-22(20)29-10-8-25(6-7-25)9-11-29/h2-5,14-15,27,30H,6-13,16H2,1H3,(H,26,31). The zero-order valence-electron chi connectivity index (χ0n) is 19.7. The molecule has 1 saturated carbocycles. The van der Waals surface area contributed by atoms with Gasteiger partial charge in [-0.15, -0.1) is 0 Å². The van der Waals surface area contributed by atoms with Crippen LogP contribution < -0.4 is 14.9 Å². The molecule has 0 unspecified atom stereocenters. The Morgan fingerprint density at radius 1 is 1.06 bits per heavy atom. The van der Waals surface area contributed by atoms with Gasteiger partial charge >= 0.3 is 0 Å². The fourth-order valence-electron chi connectivity index (χ4n) is 5.02. The smallest absolute Gasteiger partial charge is 0.257 e. The topological polar surface area (TPSA) is 119 Å². The summed E-state index contributed by atoms with van der Waals surface area (Å²) in [6, 6.07) is 10.2. The maximum absolute atomic E-state index is 13.4. The lowest BCUT2D eigenvalue weighted by molar-refractivity contribution is 0.0816. The molecule has 2 fully saturated rings. The van der Waals surface area contributed by atoms with Gasteiger partial charge in [-0.1, -0.05) is 6.07 Å². The van der Waals surface area contributed by atoms with Crippen molar-refractivity contribution >= 4 is 38.9 Å². The number of nitrogens with zero attached hydrogens (tertiary/aromatic N) is 2. The predicted molar refractivity (Wildman–Crippen MR) is 134 cm³/mol. The molecule has 1 aliphatic carbocycles. The first kappa shape index (κ1) is 23.6. The van der Waals surface area contributed by atoms with Crippen LogP contribution in [0, 0.1) is 5.41 Å². The molecule has 3 aliphatic rings. The van der Waals surface area contributed by atoms with Crippen molar-refractivity contribution in [3.63, 3.8) is 0 Å². The van der Waals surface area contributed by atoms with Crippen LogP contribution in [0.4, 0.5) is 17.1 Å². The summed E-state index contributed by atoms with van der Waals surface area (Å²) in [4.78, 5) is 29.5. The van der Waals surface area contributed by atoms with E-state index in [2.05, 4.69) is 14.9 Å². The first-order chi connectivity index (χ1) is 16.7. The Kier molecular flexibility index (Phi) is 5.96. The van der Waals surface area contributed by atoms with E-state index in [9.17, 15) is 18.0 Å². The second kappa shape index (κ2) is 8.83. The number of piperidine rings is 1. The van der Waals surface area contributed by atoms with Crippen LogP contribution in [0.1, 0.15) is 52.0 Å². The third-order valence-electron chi connectivity index (χ3n) is 7.35. The van der Waals surface area contributed by atoms with Gasteiger partial charge in [0.25, 0.3) is 11.8 Å². The molecular weight excluding hydrogens is 468 g/mol. The summed E-state index contributed by atoms with van der Waals surface area (Å²) in [5.74, 6) is -0.794. The van der Waals surface area contributed by atoms with Gasteiger partial charge in [0.15, 0.2) is 0 Å². The maximum Gasteiger partial charge on any atom is 0.257 e. The van der Waals surface area contributed by atoms with Crippen molar-refractivity contribution in [3.8, 4) is 0 Å². The Hall–Kier alpha value is -3.11. The Morgan fingerprint density at radius 3 is 2.46 bits per heavy atom. The molecule has 2 aromatic carbocycles. The van der Waals surface area contributed by atoms with Crippen LogP contribution in [0.15, 0.2) is 36.4 Å². The molecule has 0 bridgehead atoms. The number of benzene rings is 2. The van der Waals surface area contributed by atoms with E-state index in [-0.39, 0.29) is 11.8 Å². The number of carbonyl (C=O) groups excluding carboxylic acids is 2. The first-order valence-electron chi connectivity index (χ1n) is 11.9. The van der Waals surface area contributed by atoms with E-state index in [4.69, 9.17) is 5.11 Å². The number of hydrogen-bond donors (Lipinski definition) is 3. The molecule has 1 spiro atoms. The van der Waals surface area contributed by atoms with E-state index in [1.807, 2.05) is 6.07 Å². The maximum atomic E-state index is 13.4. The molecule has 0 atom stereocenters. The highest BCUT2D eigenvalue weighted by atomic mass is 32.2. The SMILES string of the molecule is CN1Cc2ccc(NC(=O)c3ccc(NS(=O)(=O)CCO)cc3N3CCC4(CC3)CC4)cc2C1=O. The van der Waals surface area contributed by atoms with Crippen molar-refractivity contribution in [2.24, 2.45) is 5.41 Å². The number of carbonyl (C=O) groups is 2. The number of aliphatic hydroxyl groups excluding tert-OH is 1. The van der Waals surface area contributed by atoms with E-state index < -0.39 is 22.4 Å². The Labute approximate surface area is 205 Å². The van der Waals surface area contributed by atoms with Crippen LogP contribution in [-0.4, -0.2) is 62.7 Å². The monoisotopic (exact) mass is 498 g/mol. The molecule has 0 aromatic heterocycles. The first-order valence-corrected chi connectivity index (χ1v) is 13.5. The highest BCUT2D eigenvalue weighted by Gasteiger charge is 2.44. The average Bonchev–Trinajstić information content (AvgIpc) is 3.51. The summed E-state index contributed by atoms with van der Waals surface area (Å²) >= 11 is 0. The molecular formula is C25H30N4O5S. The number of amides is 2. The third-order valence-corrected chi connectivity index (χ3v) is 8.62. The van der Waals surface area contributed by atoms with Gasteiger partial charge in [0.2, 0.25) is 10.0 Å². The number of anilines is 3. The number of rotatable bonds is 7. The molecule has 1 saturated heterocycles. The predicted octanol–water partition coefficient (Wildman–Crippen LogP) is 2.64. The van der Waals surface area contributed by atoms with Gasteiger partial charge < -0.3 is 20.2 Å². The molecule has 2 heterocycles. The second-order valence-electron chi connectivity index (χ2n) is 9.85. The Balaban J connectivity index is 1.42. The lowest BCUT2D eigenvalue weighted by atomic mass is 9.93. The second-order valence-corrected chi connectivity index (χ2v) is 11.7. The van der Waals surface area contributed by atoms with Crippen LogP contribution in [0.25, 0.3) is 0 Å². The summed E-state index contributed by atoms with van der Waals surface area (Å²) in [5, 5.41) is 11.9. The Bertz CT molecular complexity index is 1280. The van der Waals surface area contributed by atoms with E-state index in [0.717, 1.165) is 31.5 Å². The van der Waals surface area contributed by atoms with Crippen LogP contribution in [0.5, 0.6) is 0 Å². The summed E-state index contributed by atoms with van der Waals surface area (Å²) in [6.07, 6.45) is 4.60. The fraction of sp³-hybridized carbons (Fsp3) is 0.440. The van der Waals surface area contributed by atoms with Gasteiger partial charge in [-0.05, 0) is 67.0 Å². The minimum absolute atomic E-state index is 0.0707. The number of hydrogen-bond acceptors (Lipinski definition) is 6. The van der Waals surface area contributed by atoms with Crippen LogP contribution in [-0.2, 0) is 16.6 Å².